The minimum Gasteiger partial charge on any atom is -0.461 e. The normalized spacial score (nSPS) is 17.9. The summed E-state index contributed by atoms with van der Waals surface area (Å²) in [5.74, 6) is 0.959. The standard InChI is InChI=1S/C17H19FN2O2/c18-15-4-2-1-3-14(15)16-7-5-13(22-16)6-8-17(21)20-10-9-12(19)11-20/h1-5,7,12H,6,8-11,19H2/t12-/m1/s1. The van der Waals surface area contributed by atoms with Crippen LogP contribution in [0.25, 0.3) is 11.3 Å². The number of nitrogens with two attached hydrogens (primary N) is 1. The van der Waals surface area contributed by atoms with E-state index in [1.54, 1.807) is 35.2 Å². The van der Waals surface area contributed by atoms with Gasteiger partial charge >= 0.3 is 0 Å². The van der Waals surface area contributed by atoms with Crippen molar-refractivity contribution in [1.82, 2.24) is 4.90 Å². The van der Waals surface area contributed by atoms with Gasteiger partial charge in [-0.05, 0) is 30.7 Å². The number of rotatable bonds is 4. The van der Waals surface area contributed by atoms with Crippen LogP contribution in [0.5, 0.6) is 0 Å². The van der Waals surface area contributed by atoms with Crippen molar-refractivity contribution in [3.05, 3.63) is 48.0 Å². The van der Waals surface area contributed by atoms with Crippen LogP contribution in [0, 0.1) is 5.82 Å². The molecule has 1 saturated heterocycles. The molecular weight excluding hydrogens is 283 g/mol. The number of aryl methyl sites for hydroxylation is 1. The number of furan rings is 1. The van der Waals surface area contributed by atoms with Gasteiger partial charge in [0, 0.05) is 32.0 Å². The van der Waals surface area contributed by atoms with Crippen LogP contribution in [-0.4, -0.2) is 29.9 Å². The van der Waals surface area contributed by atoms with Gasteiger partial charge in [-0.1, -0.05) is 12.1 Å². The van der Waals surface area contributed by atoms with E-state index in [0.29, 0.717) is 36.5 Å². The predicted octanol–water partition coefficient (Wildman–Crippen LogP) is 2.58. The molecule has 1 aromatic carbocycles. The van der Waals surface area contributed by atoms with Crippen molar-refractivity contribution in [1.29, 1.82) is 0 Å². The fraction of sp³-hybridized carbons (Fsp3) is 0.353. The van der Waals surface area contributed by atoms with Gasteiger partial charge < -0.3 is 15.1 Å². The Morgan fingerprint density at radius 1 is 1.32 bits per heavy atom. The lowest BCUT2D eigenvalue weighted by Gasteiger charge is -2.15. The number of nitrogens with zero attached hydrogens (tertiary/aromatic N) is 1. The summed E-state index contributed by atoms with van der Waals surface area (Å²) in [6, 6.07) is 10.1. The Hall–Kier alpha value is -2.14. The average Bonchev–Trinajstić information content (AvgIpc) is 3.14. The molecule has 0 spiro atoms. The Labute approximate surface area is 128 Å². The molecular formula is C17H19FN2O2. The smallest absolute Gasteiger partial charge is 0.223 e. The summed E-state index contributed by atoms with van der Waals surface area (Å²) in [6.45, 7) is 1.37. The van der Waals surface area contributed by atoms with Crippen LogP contribution < -0.4 is 5.73 Å². The van der Waals surface area contributed by atoms with E-state index in [0.717, 1.165) is 13.0 Å². The van der Waals surface area contributed by atoms with Crippen LogP contribution in [0.15, 0.2) is 40.8 Å². The SMILES string of the molecule is N[C@@H]1CCN(C(=O)CCc2ccc(-c3ccccc3F)o2)C1. The van der Waals surface area contributed by atoms with Gasteiger partial charge in [0.25, 0.3) is 0 Å². The largest absolute Gasteiger partial charge is 0.461 e. The maximum absolute atomic E-state index is 13.7. The second-order valence-electron chi connectivity index (χ2n) is 5.63. The van der Waals surface area contributed by atoms with Crippen LogP contribution in [0.4, 0.5) is 4.39 Å². The minimum atomic E-state index is -0.314. The molecule has 1 atom stereocenters. The first kappa shape index (κ1) is 14.8. The molecule has 1 aliphatic heterocycles. The van der Waals surface area contributed by atoms with E-state index in [1.807, 2.05) is 0 Å². The topological polar surface area (TPSA) is 59.5 Å². The van der Waals surface area contributed by atoms with E-state index in [-0.39, 0.29) is 17.8 Å². The van der Waals surface area contributed by atoms with Crippen LogP contribution in [0.2, 0.25) is 0 Å². The van der Waals surface area contributed by atoms with E-state index in [1.165, 1.54) is 6.07 Å². The molecule has 3 rings (SSSR count). The Balaban J connectivity index is 1.60. The molecule has 2 N–H and O–H groups in total. The second-order valence-corrected chi connectivity index (χ2v) is 5.63. The molecule has 116 valence electrons. The lowest BCUT2D eigenvalue weighted by molar-refractivity contribution is -0.130. The molecule has 0 unspecified atom stereocenters. The van der Waals surface area contributed by atoms with E-state index >= 15 is 0 Å². The van der Waals surface area contributed by atoms with Crippen molar-refractivity contribution in [3.8, 4) is 11.3 Å². The van der Waals surface area contributed by atoms with Gasteiger partial charge in [-0.2, -0.15) is 0 Å². The summed E-state index contributed by atoms with van der Waals surface area (Å²) < 4.78 is 19.4. The molecule has 2 aromatic rings. The number of carbonyl (C=O) groups excluding carboxylic acids is 1. The third-order valence-corrected chi connectivity index (χ3v) is 3.96. The maximum Gasteiger partial charge on any atom is 0.223 e. The van der Waals surface area contributed by atoms with Crippen molar-refractivity contribution in [3.63, 3.8) is 0 Å². The van der Waals surface area contributed by atoms with Crippen LogP contribution in [-0.2, 0) is 11.2 Å². The van der Waals surface area contributed by atoms with Crippen molar-refractivity contribution in [2.75, 3.05) is 13.1 Å². The van der Waals surface area contributed by atoms with Crippen LogP contribution in [0.3, 0.4) is 0 Å². The van der Waals surface area contributed by atoms with Crippen LogP contribution in [0.1, 0.15) is 18.6 Å². The van der Waals surface area contributed by atoms with Gasteiger partial charge in [0.15, 0.2) is 0 Å². The van der Waals surface area contributed by atoms with E-state index < -0.39 is 0 Å². The van der Waals surface area contributed by atoms with Crippen LogP contribution >= 0.6 is 0 Å². The molecule has 1 aromatic heterocycles. The zero-order valence-corrected chi connectivity index (χ0v) is 12.3. The Bertz CT molecular complexity index is 668. The number of hydrogen-bond donors (Lipinski definition) is 1. The highest BCUT2D eigenvalue weighted by Crippen LogP contribution is 2.25. The number of likely N-dealkylation sites (tertiary alicyclic amines) is 1. The monoisotopic (exact) mass is 302 g/mol. The van der Waals surface area contributed by atoms with E-state index in [9.17, 15) is 9.18 Å². The molecule has 4 nitrogen and oxygen atoms in total. The van der Waals surface area contributed by atoms with Gasteiger partial charge in [-0.15, -0.1) is 0 Å². The fourth-order valence-corrected chi connectivity index (χ4v) is 2.72. The van der Waals surface area contributed by atoms with Gasteiger partial charge in [0.2, 0.25) is 5.91 Å². The van der Waals surface area contributed by atoms with Gasteiger partial charge in [-0.3, -0.25) is 4.79 Å². The Morgan fingerprint density at radius 2 is 2.14 bits per heavy atom. The highest BCUT2D eigenvalue weighted by atomic mass is 19.1. The third kappa shape index (κ3) is 3.20. The number of amides is 1. The number of benzene rings is 1. The first-order chi connectivity index (χ1) is 10.6. The molecule has 0 saturated carbocycles. The molecule has 0 radical (unpaired) electrons. The highest BCUT2D eigenvalue weighted by molar-refractivity contribution is 5.76. The molecule has 1 fully saturated rings. The summed E-state index contributed by atoms with van der Waals surface area (Å²) in [7, 11) is 0. The molecule has 0 bridgehead atoms. The average molecular weight is 302 g/mol. The zero-order valence-electron chi connectivity index (χ0n) is 12.3. The number of carbonyl (C=O) groups is 1. The summed E-state index contributed by atoms with van der Waals surface area (Å²) in [5.41, 5.74) is 6.24. The van der Waals surface area contributed by atoms with E-state index in [4.69, 9.17) is 10.2 Å². The number of hydrogen-bond acceptors (Lipinski definition) is 3. The third-order valence-electron chi connectivity index (χ3n) is 3.96. The van der Waals surface area contributed by atoms with E-state index in [2.05, 4.69) is 0 Å². The Kier molecular flexibility index (Phi) is 4.24. The molecule has 1 amide bonds. The highest BCUT2D eigenvalue weighted by Gasteiger charge is 2.23. The maximum atomic E-state index is 13.7. The van der Waals surface area contributed by atoms with Crippen molar-refractivity contribution in [2.24, 2.45) is 5.73 Å². The quantitative estimate of drug-likeness (QED) is 0.944. The first-order valence-corrected chi connectivity index (χ1v) is 7.50. The van der Waals surface area contributed by atoms with Gasteiger partial charge in [-0.25, -0.2) is 4.39 Å². The fourth-order valence-electron chi connectivity index (χ4n) is 2.72. The molecule has 0 aliphatic carbocycles. The molecule has 5 heteroatoms. The lowest BCUT2D eigenvalue weighted by atomic mass is 10.1. The summed E-state index contributed by atoms with van der Waals surface area (Å²) in [6.07, 6.45) is 1.76. The Morgan fingerprint density at radius 3 is 2.86 bits per heavy atom. The lowest BCUT2D eigenvalue weighted by Crippen LogP contribution is -2.31. The molecule has 22 heavy (non-hydrogen) atoms. The molecule has 2 heterocycles. The first-order valence-electron chi connectivity index (χ1n) is 7.50. The predicted molar refractivity (Wildman–Crippen MR) is 81.6 cm³/mol. The summed E-state index contributed by atoms with van der Waals surface area (Å²) in [5, 5.41) is 0. The number of halogens is 1. The van der Waals surface area contributed by atoms with Crippen molar-refractivity contribution < 1.29 is 13.6 Å². The minimum absolute atomic E-state index is 0.0943. The molecule has 1 aliphatic rings. The van der Waals surface area contributed by atoms with Gasteiger partial charge in [0.05, 0.1) is 5.56 Å². The van der Waals surface area contributed by atoms with Gasteiger partial charge in [0.1, 0.15) is 17.3 Å². The zero-order chi connectivity index (χ0) is 15.5. The summed E-state index contributed by atoms with van der Waals surface area (Å²) >= 11 is 0. The van der Waals surface area contributed by atoms with Crippen molar-refractivity contribution in [2.45, 2.75) is 25.3 Å². The second kappa shape index (κ2) is 6.32. The summed E-state index contributed by atoms with van der Waals surface area (Å²) in [4.78, 5) is 13.9. The van der Waals surface area contributed by atoms with Crippen molar-refractivity contribution >= 4 is 5.91 Å².